The van der Waals surface area contributed by atoms with Crippen molar-refractivity contribution in [2.45, 2.75) is 12.6 Å². The molecule has 0 aliphatic rings. The number of hydrogen-bond acceptors (Lipinski definition) is 6. The average Bonchev–Trinajstić information content (AvgIpc) is 2.63. The lowest BCUT2D eigenvalue weighted by Gasteiger charge is -2.04. The van der Waals surface area contributed by atoms with E-state index in [2.05, 4.69) is 15.0 Å². The number of carbonyl (C=O) groups excluding carboxylic acids is 1. The lowest BCUT2D eigenvalue weighted by molar-refractivity contribution is -0.115. The van der Waals surface area contributed by atoms with Gasteiger partial charge in [-0.1, -0.05) is 0 Å². The van der Waals surface area contributed by atoms with Crippen molar-refractivity contribution >= 4 is 23.3 Å². The zero-order valence-electron chi connectivity index (χ0n) is 7.74. The maximum atomic E-state index is 10.3. The van der Waals surface area contributed by atoms with Crippen molar-refractivity contribution in [3.63, 3.8) is 0 Å². The molecule has 78 valence electrons. The molecule has 0 saturated carbocycles. The zero-order valence-corrected chi connectivity index (χ0v) is 7.74. The summed E-state index contributed by atoms with van der Waals surface area (Å²) in [6, 6.07) is 0. The van der Waals surface area contributed by atoms with E-state index in [0.717, 1.165) is 0 Å². The second kappa shape index (κ2) is 3.62. The Morgan fingerprint density at radius 1 is 1.53 bits per heavy atom. The van der Waals surface area contributed by atoms with Crippen LogP contribution in [0.3, 0.4) is 0 Å². The van der Waals surface area contributed by atoms with E-state index < -0.39 is 6.10 Å². The molecule has 0 aliphatic heterocycles. The van der Waals surface area contributed by atoms with Gasteiger partial charge >= 0.3 is 0 Å². The second-order valence-electron chi connectivity index (χ2n) is 3.03. The number of anilines is 1. The smallest absolute Gasteiger partial charge is 0.165 e. The van der Waals surface area contributed by atoms with E-state index in [0.29, 0.717) is 17.5 Å². The molecule has 0 radical (unpaired) electrons. The molecule has 1 unspecified atom stereocenters. The number of aliphatic hydroxyl groups is 1. The fourth-order valence-corrected chi connectivity index (χ4v) is 1.28. The molecule has 7 nitrogen and oxygen atoms in total. The fourth-order valence-electron chi connectivity index (χ4n) is 1.28. The summed E-state index contributed by atoms with van der Waals surface area (Å²) in [5.41, 5.74) is 6.55. The van der Waals surface area contributed by atoms with E-state index in [1.807, 2.05) is 0 Å². The van der Waals surface area contributed by atoms with Gasteiger partial charge in [0.15, 0.2) is 11.5 Å². The summed E-state index contributed by atoms with van der Waals surface area (Å²) in [5, 5.41) is 9.17. The van der Waals surface area contributed by atoms with Crippen LogP contribution in [0.4, 0.5) is 5.82 Å². The third-order valence-electron chi connectivity index (χ3n) is 1.97. The number of nitrogen functional groups attached to an aromatic ring is 1. The maximum absolute atomic E-state index is 10.3. The molecule has 3 N–H and O–H groups in total. The number of aliphatic hydroxyl groups excluding tert-OH is 1. The van der Waals surface area contributed by atoms with Gasteiger partial charge in [0.2, 0.25) is 0 Å². The number of hydrogen-bond donors (Lipinski definition) is 2. The van der Waals surface area contributed by atoms with Crippen molar-refractivity contribution in [1.82, 2.24) is 19.5 Å². The van der Waals surface area contributed by atoms with Crippen molar-refractivity contribution in [2.75, 3.05) is 5.73 Å². The first kappa shape index (κ1) is 9.53. The van der Waals surface area contributed by atoms with E-state index in [4.69, 9.17) is 10.8 Å². The van der Waals surface area contributed by atoms with Crippen molar-refractivity contribution < 1.29 is 9.90 Å². The molecule has 0 fully saturated rings. The normalized spacial score (nSPS) is 12.9. The number of nitrogens with zero attached hydrogens (tertiary/aromatic N) is 4. The highest BCUT2D eigenvalue weighted by molar-refractivity contribution is 5.81. The number of aromatic nitrogens is 4. The number of aldehydes is 1. The van der Waals surface area contributed by atoms with Crippen LogP contribution < -0.4 is 5.73 Å². The minimum atomic E-state index is -1.07. The van der Waals surface area contributed by atoms with E-state index >= 15 is 0 Å². The van der Waals surface area contributed by atoms with Gasteiger partial charge < -0.3 is 20.2 Å². The quantitative estimate of drug-likeness (QED) is 0.623. The Balaban J connectivity index is 2.45. The summed E-state index contributed by atoms with van der Waals surface area (Å²) < 4.78 is 1.55. The van der Waals surface area contributed by atoms with Gasteiger partial charge in [0.1, 0.15) is 24.2 Å². The fraction of sp³-hybridized carbons (Fsp3) is 0.250. The van der Waals surface area contributed by atoms with Crippen LogP contribution in [0.15, 0.2) is 12.7 Å². The molecule has 0 aromatic carbocycles. The van der Waals surface area contributed by atoms with Crippen molar-refractivity contribution in [3.05, 3.63) is 12.7 Å². The zero-order chi connectivity index (χ0) is 10.8. The van der Waals surface area contributed by atoms with Crippen molar-refractivity contribution in [3.8, 4) is 0 Å². The molecule has 0 bridgehead atoms. The Bertz CT molecular complexity index is 495. The summed E-state index contributed by atoms with van der Waals surface area (Å²) in [6.07, 6.45) is 2.15. The second-order valence-corrected chi connectivity index (χ2v) is 3.03. The Morgan fingerprint density at radius 3 is 3.07 bits per heavy atom. The first-order chi connectivity index (χ1) is 7.22. The van der Waals surface area contributed by atoms with E-state index in [1.54, 1.807) is 4.57 Å². The summed E-state index contributed by atoms with van der Waals surface area (Å²) in [7, 11) is 0. The summed E-state index contributed by atoms with van der Waals surface area (Å²) in [6.45, 7) is 0.108. The van der Waals surface area contributed by atoms with E-state index in [-0.39, 0.29) is 12.4 Å². The molecule has 0 amide bonds. The third kappa shape index (κ3) is 1.64. The Hall–Kier alpha value is -2.02. The summed E-state index contributed by atoms with van der Waals surface area (Å²) in [5.74, 6) is 0.277. The standard InChI is InChI=1S/C8H9N5O2/c9-7-6-8(11-3-10-7)13(4-12-6)1-5(15)2-14/h2-5,15H,1H2,(H2,9,10,11). The minimum Gasteiger partial charge on any atom is -0.384 e. The van der Waals surface area contributed by atoms with Crippen molar-refractivity contribution in [2.24, 2.45) is 0 Å². The van der Waals surface area contributed by atoms with Crippen LogP contribution in [0.25, 0.3) is 11.2 Å². The molecule has 1 atom stereocenters. The average molecular weight is 207 g/mol. The van der Waals surface area contributed by atoms with Crippen LogP contribution in [-0.4, -0.2) is 37.0 Å². The largest absolute Gasteiger partial charge is 0.384 e. The molecule has 0 saturated heterocycles. The van der Waals surface area contributed by atoms with Gasteiger partial charge in [0.05, 0.1) is 12.9 Å². The highest BCUT2D eigenvalue weighted by Gasteiger charge is 2.10. The molecule has 0 spiro atoms. The van der Waals surface area contributed by atoms with E-state index in [1.165, 1.54) is 12.7 Å². The van der Waals surface area contributed by atoms with Crippen LogP contribution in [0.5, 0.6) is 0 Å². The van der Waals surface area contributed by atoms with Gasteiger partial charge in [-0.25, -0.2) is 15.0 Å². The van der Waals surface area contributed by atoms with E-state index in [9.17, 15) is 4.79 Å². The molecule has 2 aromatic rings. The first-order valence-electron chi connectivity index (χ1n) is 4.27. The number of imidazole rings is 1. The SMILES string of the molecule is Nc1ncnc2c1ncn2CC(O)C=O. The highest BCUT2D eigenvalue weighted by Crippen LogP contribution is 2.13. The molecule has 2 rings (SSSR count). The molecule has 15 heavy (non-hydrogen) atoms. The van der Waals surface area contributed by atoms with Gasteiger partial charge in [-0.3, -0.25) is 0 Å². The maximum Gasteiger partial charge on any atom is 0.165 e. The van der Waals surface area contributed by atoms with Crippen LogP contribution in [0.1, 0.15) is 0 Å². The van der Waals surface area contributed by atoms with Crippen molar-refractivity contribution in [1.29, 1.82) is 0 Å². The summed E-state index contributed by atoms with van der Waals surface area (Å²) in [4.78, 5) is 22.0. The van der Waals surface area contributed by atoms with Crippen LogP contribution in [0.2, 0.25) is 0 Å². The third-order valence-corrected chi connectivity index (χ3v) is 1.97. The van der Waals surface area contributed by atoms with Gasteiger partial charge in [0, 0.05) is 0 Å². The monoisotopic (exact) mass is 207 g/mol. The molecular weight excluding hydrogens is 198 g/mol. The minimum absolute atomic E-state index is 0.108. The lowest BCUT2D eigenvalue weighted by Crippen LogP contribution is -2.16. The summed E-state index contributed by atoms with van der Waals surface area (Å²) >= 11 is 0. The lowest BCUT2D eigenvalue weighted by atomic mass is 10.4. The topological polar surface area (TPSA) is 107 Å². The van der Waals surface area contributed by atoms with Gasteiger partial charge in [0.25, 0.3) is 0 Å². The Kier molecular flexibility index (Phi) is 2.30. The number of carbonyl (C=O) groups is 1. The Morgan fingerprint density at radius 2 is 2.33 bits per heavy atom. The number of nitrogens with two attached hydrogens (primary N) is 1. The molecule has 7 heteroatoms. The van der Waals surface area contributed by atoms with Crippen LogP contribution in [-0.2, 0) is 11.3 Å². The molecule has 2 heterocycles. The van der Waals surface area contributed by atoms with Gasteiger partial charge in [-0.05, 0) is 0 Å². The molecule has 2 aromatic heterocycles. The Labute approximate surface area is 84.6 Å². The number of rotatable bonds is 3. The molecule has 0 aliphatic carbocycles. The number of fused-ring (bicyclic) bond motifs is 1. The van der Waals surface area contributed by atoms with Crippen LogP contribution in [0, 0.1) is 0 Å². The molecular formula is C8H9N5O2. The van der Waals surface area contributed by atoms with Crippen LogP contribution >= 0.6 is 0 Å². The first-order valence-corrected chi connectivity index (χ1v) is 4.27. The van der Waals surface area contributed by atoms with Gasteiger partial charge in [-0.15, -0.1) is 0 Å². The predicted molar refractivity (Wildman–Crippen MR) is 51.8 cm³/mol. The predicted octanol–water partition coefficient (Wildman–Crippen LogP) is -1.03. The highest BCUT2D eigenvalue weighted by atomic mass is 16.3. The van der Waals surface area contributed by atoms with Gasteiger partial charge in [-0.2, -0.15) is 0 Å².